The Balaban J connectivity index is 0.000000761. The SMILES string of the molecule is CC[C@H](C)[C@H]1O[C@]2(C=C[C@@H]1C)C[C@@H]1C[C@@H](C/C=C(\C)[C@@H](O[C@H]3C[C@H](OC)[C@@H](O[C@H]4C[C@H](OC)C(NC)[C@H](C)O4)[C@H](C)O3)[C@@H](C)/C=C/C=C3\CO[C@@H]4[C@H](O)C(C)=C[C@@H](C(=O)O1)[C@]34O)O2.O=C(O)c1ccccc1. The Morgan fingerprint density at radius 2 is 1.60 bits per heavy atom. The molecular weight excluding hydrogens is 927 g/mol. The smallest absolute Gasteiger partial charge is 0.335 e. The molecule has 0 aromatic heterocycles. The highest BCUT2D eigenvalue weighted by atomic mass is 16.7. The van der Waals surface area contributed by atoms with Crippen molar-refractivity contribution in [2.24, 2.45) is 23.7 Å². The third-order valence-electron chi connectivity index (χ3n) is 15.9. The molecule has 7 aliphatic rings. The van der Waals surface area contributed by atoms with E-state index in [4.69, 9.17) is 52.5 Å². The quantitative estimate of drug-likeness (QED) is 0.138. The van der Waals surface area contributed by atoms with Crippen LogP contribution in [-0.4, -0.2) is 152 Å². The first-order chi connectivity index (χ1) is 34.3. The van der Waals surface area contributed by atoms with Gasteiger partial charge in [-0.25, -0.2) is 4.79 Å². The summed E-state index contributed by atoms with van der Waals surface area (Å²) in [7, 11) is 5.30. The molecule has 1 unspecified atom stereocenters. The van der Waals surface area contributed by atoms with Crippen LogP contribution in [0.25, 0.3) is 0 Å². The first-order valence-electron chi connectivity index (χ1n) is 26.0. The highest BCUT2D eigenvalue weighted by Gasteiger charge is 2.60. The van der Waals surface area contributed by atoms with Crippen molar-refractivity contribution >= 4 is 11.9 Å². The van der Waals surface area contributed by atoms with E-state index >= 15 is 0 Å². The van der Waals surface area contributed by atoms with E-state index in [-0.39, 0.29) is 67.0 Å². The number of aliphatic hydroxyl groups is 2. The largest absolute Gasteiger partial charge is 0.478 e. The van der Waals surface area contributed by atoms with Crippen LogP contribution < -0.4 is 5.32 Å². The zero-order chi connectivity index (χ0) is 52.1. The third-order valence-corrected chi connectivity index (χ3v) is 15.9. The third kappa shape index (κ3) is 12.4. The number of allylic oxidation sites excluding steroid dienone is 2. The number of carboxylic acid groups (broad SMARTS) is 1. The molecule has 0 radical (unpaired) electrons. The fourth-order valence-electron chi connectivity index (χ4n) is 11.6. The average molecular weight is 1010 g/mol. The molecule has 6 heterocycles. The van der Waals surface area contributed by atoms with Crippen LogP contribution in [0.15, 0.2) is 89.6 Å². The van der Waals surface area contributed by atoms with Gasteiger partial charge in [-0.15, -0.1) is 0 Å². The Hall–Kier alpha value is -3.62. The Morgan fingerprint density at radius 1 is 0.903 bits per heavy atom. The molecule has 0 saturated carbocycles. The number of carbonyl (C=O) groups is 2. The lowest BCUT2D eigenvalue weighted by atomic mass is 9.71. The fourth-order valence-corrected chi connectivity index (χ4v) is 11.6. The maximum absolute atomic E-state index is 14.4. The van der Waals surface area contributed by atoms with E-state index < -0.39 is 72.3 Å². The molecule has 16 nitrogen and oxygen atoms in total. The van der Waals surface area contributed by atoms with Crippen LogP contribution in [0.1, 0.15) is 104 Å². The number of rotatable bonds is 10. The Morgan fingerprint density at radius 3 is 2.26 bits per heavy atom. The van der Waals surface area contributed by atoms with Crippen molar-refractivity contribution in [2.75, 3.05) is 27.9 Å². The number of methoxy groups -OCH3 is 2. The summed E-state index contributed by atoms with van der Waals surface area (Å²) < 4.78 is 64.6. The number of carbonyl (C=O) groups excluding carboxylic acids is 1. The molecule has 1 aliphatic carbocycles. The molecule has 6 aliphatic heterocycles. The number of ether oxygens (including phenoxy) is 10. The van der Waals surface area contributed by atoms with Crippen molar-refractivity contribution in [1.29, 1.82) is 0 Å². The second kappa shape index (κ2) is 24.4. The van der Waals surface area contributed by atoms with Crippen molar-refractivity contribution < 1.29 is 72.3 Å². The van der Waals surface area contributed by atoms with Gasteiger partial charge in [0.05, 0.1) is 60.9 Å². The molecule has 8 rings (SSSR count). The molecule has 72 heavy (non-hydrogen) atoms. The second-order valence-electron chi connectivity index (χ2n) is 21.0. The van der Waals surface area contributed by atoms with E-state index in [2.05, 4.69) is 52.1 Å². The number of benzene rings is 1. The molecule has 1 spiro atoms. The monoisotopic (exact) mass is 1010 g/mol. The Kier molecular flexibility index (Phi) is 19.0. The van der Waals surface area contributed by atoms with Crippen molar-refractivity contribution in [3.8, 4) is 0 Å². The van der Waals surface area contributed by atoms with Crippen LogP contribution in [0.2, 0.25) is 0 Å². The highest BCUT2D eigenvalue weighted by molar-refractivity contribution is 5.87. The maximum atomic E-state index is 14.4. The van der Waals surface area contributed by atoms with Crippen molar-refractivity contribution in [2.45, 2.75) is 191 Å². The van der Waals surface area contributed by atoms with E-state index in [1.807, 2.05) is 39.1 Å². The average Bonchev–Trinajstić information content (AvgIpc) is 3.70. The Bertz CT molecular complexity index is 2140. The van der Waals surface area contributed by atoms with Crippen molar-refractivity contribution in [1.82, 2.24) is 5.32 Å². The lowest BCUT2D eigenvalue weighted by Crippen LogP contribution is -2.58. The molecule has 4 fully saturated rings. The molecule has 4 saturated heterocycles. The number of carboxylic acids is 1. The Labute approximate surface area is 426 Å². The maximum Gasteiger partial charge on any atom is 0.335 e. The number of fused-ring (bicyclic) bond motifs is 2. The summed E-state index contributed by atoms with van der Waals surface area (Å²) in [6.45, 7) is 16.4. The van der Waals surface area contributed by atoms with E-state index in [1.54, 1.807) is 63.6 Å². The number of nitrogens with one attached hydrogen (secondary N) is 1. The van der Waals surface area contributed by atoms with Gasteiger partial charge < -0.3 is 68.0 Å². The summed E-state index contributed by atoms with van der Waals surface area (Å²) in [4.78, 5) is 24.6. The van der Waals surface area contributed by atoms with Crippen LogP contribution in [0.3, 0.4) is 0 Å². The first kappa shape index (κ1) is 56.1. The molecule has 20 atom stereocenters. The number of aromatic carboxylic acids is 1. The van der Waals surface area contributed by atoms with Gasteiger partial charge in [-0.05, 0) is 82.0 Å². The molecular formula is C56H81NO15. The zero-order valence-corrected chi connectivity index (χ0v) is 44.0. The van der Waals surface area contributed by atoms with Crippen LogP contribution in [-0.2, 0) is 52.2 Å². The predicted octanol–water partition coefficient (Wildman–Crippen LogP) is 6.99. The summed E-state index contributed by atoms with van der Waals surface area (Å²) in [5, 5.41) is 35.4. The van der Waals surface area contributed by atoms with Crippen LogP contribution in [0.5, 0.6) is 0 Å². The number of aliphatic hydroxyl groups excluding tert-OH is 1. The number of hydrogen-bond donors (Lipinski definition) is 4. The minimum absolute atomic E-state index is 0.0411. The summed E-state index contributed by atoms with van der Waals surface area (Å²) in [6, 6.07) is 8.34. The van der Waals surface area contributed by atoms with E-state index in [0.717, 1.165) is 12.0 Å². The molecule has 400 valence electrons. The first-order valence-corrected chi connectivity index (χ1v) is 26.0. The minimum Gasteiger partial charge on any atom is -0.478 e. The summed E-state index contributed by atoms with van der Waals surface area (Å²) >= 11 is 0. The van der Waals surface area contributed by atoms with Gasteiger partial charge in [0.2, 0.25) is 0 Å². The molecule has 2 bridgehead atoms. The van der Waals surface area contributed by atoms with E-state index in [1.165, 1.54) is 0 Å². The summed E-state index contributed by atoms with van der Waals surface area (Å²) in [6.07, 6.45) is 10.7. The standard InChI is InChI=1S/C49H75NO13.C7H6O2/c1-12-26(2)44-29(5)18-19-48(63-44)24-35-21-34(62-48)17-16-28(4)43(27(3)14-13-15-33-25-56-46-42(51)30(6)20-36(47(52)59-35)49(33,46)53)60-40-23-38(55-11)45(32(8)58-40)61-39-22-37(54-10)41(50-9)31(7)57-39;8-7(9)6-4-2-1-3-5-6/h13-16,18-20,26-27,29,31-32,34-46,50-51,53H,12,17,21-25H2,1-11H3;1-5H,(H,8,9)/b14-13+,28-16+,33-15+;/t26-,27-,29-,31-,32-,34+,35-,36-,37-,38-,39-,40-,41?,42+,43-,44+,45-,46+,48+,49+;/m0./s1. The van der Waals surface area contributed by atoms with Gasteiger partial charge in [0.25, 0.3) is 0 Å². The normalized spacial score (nSPS) is 43.6. The van der Waals surface area contributed by atoms with Crippen LogP contribution >= 0.6 is 0 Å². The summed E-state index contributed by atoms with van der Waals surface area (Å²) in [5.74, 6) is -3.39. The van der Waals surface area contributed by atoms with Gasteiger partial charge in [0, 0.05) is 51.7 Å². The number of hydrogen-bond acceptors (Lipinski definition) is 15. The van der Waals surface area contributed by atoms with Gasteiger partial charge in [0.1, 0.15) is 35.9 Å². The molecule has 1 aromatic carbocycles. The van der Waals surface area contributed by atoms with Gasteiger partial charge in [-0.3, -0.25) is 4.79 Å². The van der Waals surface area contributed by atoms with Crippen LogP contribution in [0.4, 0.5) is 0 Å². The number of esters is 1. The molecule has 0 amide bonds. The fraction of sp³-hybridized carbons (Fsp3) is 0.679. The second-order valence-corrected chi connectivity index (χ2v) is 21.0. The molecule has 16 heteroatoms. The highest BCUT2D eigenvalue weighted by Crippen LogP contribution is 2.47. The predicted molar refractivity (Wildman–Crippen MR) is 268 cm³/mol. The topological polar surface area (TPSA) is 199 Å². The van der Waals surface area contributed by atoms with Gasteiger partial charge in [-0.1, -0.05) is 88.8 Å². The van der Waals surface area contributed by atoms with Crippen molar-refractivity contribution in [3.05, 3.63) is 95.1 Å². The van der Waals surface area contributed by atoms with E-state index in [0.29, 0.717) is 48.8 Å². The summed E-state index contributed by atoms with van der Waals surface area (Å²) in [5.41, 5.74) is 0.511. The molecule has 1 aromatic rings. The van der Waals surface area contributed by atoms with Gasteiger partial charge in [0.15, 0.2) is 18.4 Å². The minimum atomic E-state index is -1.83. The molecule has 4 N–H and O–H groups in total. The number of likely N-dealkylation sites (N-methyl/N-ethyl adjacent to an activating group) is 1. The van der Waals surface area contributed by atoms with Gasteiger partial charge in [-0.2, -0.15) is 0 Å². The van der Waals surface area contributed by atoms with Crippen molar-refractivity contribution in [3.63, 3.8) is 0 Å². The van der Waals surface area contributed by atoms with E-state index in [9.17, 15) is 19.8 Å². The zero-order valence-electron chi connectivity index (χ0n) is 44.0. The van der Waals surface area contributed by atoms with Crippen LogP contribution in [0, 0.1) is 23.7 Å². The lowest BCUT2D eigenvalue weighted by Gasteiger charge is -2.48. The lowest BCUT2D eigenvalue weighted by molar-refractivity contribution is -0.312. The van der Waals surface area contributed by atoms with Gasteiger partial charge >= 0.3 is 11.9 Å².